The zero-order valence-corrected chi connectivity index (χ0v) is 20.4. The smallest absolute Gasteiger partial charge is 0.242 e. The summed E-state index contributed by atoms with van der Waals surface area (Å²) < 4.78 is 10.5. The molecule has 2 rings (SSSR count). The van der Waals surface area contributed by atoms with Crippen molar-refractivity contribution in [3.8, 4) is 11.5 Å². The third-order valence-electron chi connectivity index (χ3n) is 5.71. The number of nitrogens with one attached hydrogen (secondary N) is 4. The van der Waals surface area contributed by atoms with Crippen LogP contribution in [0.5, 0.6) is 11.5 Å². The molecule has 8 heteroatoms. The minimum atomic E-state index is -0.689. The molecule has 1 atom stereocenters. The lowest BCUT2D eigenvalue weighted by molar-refractivity contribution is -0.123. The highest BCUT2D eigenvalue weighted by atomic mass is 16.5. The Morgan fingerprint density at radius 3 is 2.24 bits per heavy atom. The SMILES string of the molecule is CCC(CC)CNC(=O)[C@@H](Cc1ccccc1)NC(=N)NC(=O)Cc1ccc(OC)c(OC)c1. The normalized spacial score (nSPS) is 11.4. The number of hydrogen-bond acceptors (Lipinski definition) is 5. The maximum atomic E-state index is 12.9. The van der Waals surface area contributed by atoms with Crippen LogP contribution in [0.1, 0.15) is 37.8 Å². The fourth-order valence-corrected chi connectivity index (χ4v) is 3.57. The number of benzene rings is 2. The van der Waals surface area contributed by atoms with Crippen LogP contribution in [0.25, 0.3) is 0 Å². The Labute approximate surface area is 201 Å². The van der Waals surface area contributed by atoms with E-state index in [0.717, 1.165) is 18.4 Å². The van der Waals surface area contributed by atoms with Crippen molar-refractivity contribution < 1.29 is 19.1 Å². The molecule has 0 saturated heterocycles. The number of hydrogen-bond donors (Lipinski definition) is 4. The van der Waals surface area contributed by atoms with E-state index >= 15 is 0 Å². The molecule has 0 unspecified atom stereocenters. The molecular formula is C26H36N4O4. The van der Waals surface area contributed by atoms with Crippen LogP contribution in [0.3, 0.4) is 0 Å². The fraction of sp³-hybridized carbons (Fsp3) is 0.423. The van der Waals surface area contributed by atoms with Crippen molar-refractivity contribution in [2.45, 2.75) is 45.6 Å². The van der Waals surface area contributed by atoms with Gasteiger partial charge in [0.2, 0.25) is 11.8 Å². The second-order valence-corrected chi connectivity index (χ2v) is 8.10. The van der Waals surface area contributed by atoms with Crippen molar-refractivity contribution in [1.82, 2.24) is 16.0 Å². The third-order valence-corrected chi connectivity index (χ3v) is 5.71. The molecule has 0 aliphatic rings. The van der Waals surface area contributed by atoms with Crippen LogP contribution in [0, 0.1) is 11.3 Å². The van der Waals surface area contributed by atoms with Gasteiger partial charge in [-0.3, -0.25) is 20.3 Å². The maximum Gasteiger partial charge on any atom is 0.242 e. The van der Waals surface area contributed by atoms with E-state index in [2.05, 4.69) is 29.8 Å². The molecule has 0 spiro atoms. The molecule has 8 nitrogen and oxygen atoms in total. The fourth-order valence-electron chi connectivity index (χ4n) is 3.57. The lowest BCUT2D eigenvalue weighted by Gasteiger charge is -2.22. The van der Waals surface area contributed by atoms with Gasteiger partial charge in [-0.05, 0) is 29.2 Å². The van der Waals surface area contributed by atoms with Crippen LogP contribution in [-0.4, -0.2) is 44.6 Å². The third kappa shape index (κ3) is 8.42. The molecule has 0 bridgehead atoms. The summed E-state index contributed by atoms with van der Waals surface area (Å²) in [6.45, 7) is 4.78. The monoisotopic (exact) mass is 468 g/mol. The van der Waals surface area contributed by atoms with E-state index in [4.69, 9.17) is 14.9 Å². The lowest BCUT2D eigenvalue weighted by Crippen LogP contribution is -2.53. The highest BCUT2D eigenvalue weighted by Crippen LogP contribution is 2.27. The molecule has 0 aromatic heterocycles. The van der Waals surface area contributed by atoms with Gasteiger partial charge in [-0.25, -0.2) is 0 Å². The second-order valence-electron chi connectivity index (χ2n) is 8.10. The summed E-state index contributed by atoms with van der Waals surface area (Å²) in [5, 5.41) is 16.6. The van der Waals surface area contributed by atoms with Crippen molar-refractivity contribution in [2.24, 2.45) is 5.92 Å². The molecule has 4 N–H and O–H groups in total. The quantitative estimate of drug-likeness (QED) is 0.283. The number of rotatable bonds is 12. The minimum Gasteiger partial charge on any atom is -0.493 e. The van der Waals surface area contributed by atoms with E-state index in [0.29, 0.717) is 35.9 Å². The number of amides is 2. The number of carbonyl (C=O) groups excluding carboxylic acids is 2. The summed E-state index contributed by atoms with van der Waals surface area (Å²) in [4.78, 5) is 25.4. The molecule has 184 valence electrons. The standard InChI is InChI=1S/C26H36N4O4/c1-5-18(6-2)17-28-25(32)21(14-19-10-8-7-9-11-19)29-26(27)30-24(31)16-20-12-13-22(33-3)23(15-20)34-4/h7-13,15,18,21H,5-6,14,16-17H2,1-4H3,(H,28,32)(H3,27,29,30,31)/t21-/m1/s1. The average Bonchev–Trinajstić information content (AvgIpc) is 2.84. The van der Waals surface area contributed by atoms with Crippen molar-refractivity contribution >= 4 is 17.8 Å². The number of guanidine groups is 1. The number of methoxy groups -OCH3 is 2. The van der Waals surface area contributed by atoms with E-state index in [9.17, 15) is 9.59 Å². The molecule has 2 amide bonds. The molecule has 2 aromatic rings. The van der Waals surface area contributed by atoms with Crippen LogP contribution in [0.15, 0.2) is 48.5 Å². The summed E-state index contributed by atoms with van der Waals surface area (Å²) in [7, 11) is 3.08. The van der Waals surface area contributed by atoms with Crippen molar-refractivity contribution in [1.29, 1.82) is 5.41 Å². The van der Waals surface area contributed by atoms with E-state index in [1.165, 1.54) is 7.11 Å². The first-order valence-corrected chi connectivity index (χ1v) is 11.6. The van der Waals surface area contributed by atoms with Crippen LogP contribution < -0.4 is 25.4 Å². The molecule has 0 fully saturated rings. The predicted molar refractivity (Wildman–Crippen MR) is 133 cm³/mol. The molecule has 0 radical (unpaired) electrons. The van der Waals surface area contributed by atoms with E-state index in [1.54, 1.807) is 25.3 Å². The maximum absolute atomic E-state index is 12.9. The summed E-state index contributed by atoms with van der Waals surface area (Å²) >= 11 is 0. The van der Waals surface area contributed by atoms with Crippen molar-refractivity contribution in [3.63, 3.8) is 0 Å². The molecule has 0 aliphatic heterocycles. The highest BCUT2D eigenvalue weighted by Gasteiger charge is 2.21. The second kappa shape index (κ2) is 13.9. The van der Waals surface area contributed by atoms with Crippen LogP contribution in [-0.2, 0) is 22.4 Å². The van der Waals surface area contributed by atoms with Gasteiger partial charge in [-0.1, -0.05) is 63.1 Å². The average molecular weight is 469 g/mol. The highest BCUT2D eigenvalue weighted by molar-refractivity contribution is 5.98. The summed E-state index contributed by atoms with van der Waals surface area (Å²) in [5.41, 5.74) is 1.67. The molecule has 0 saturated carbocycles. The van der Waals surface area contributed by atoms with Gasteiger partial charge in [-0.2, -0.15) is 0 Å². The van der Waals surface area contributed by atoms with Crippen molar-refractivity contribution in [2.75, 3.05) is 20.8 Å². The van der Waals surface area contributed by atoms with Gasteiger partial charge >= 0.3 is 0 Å². The van der Waals surface area contributed by atoms with Gasteiger partial charge in [0.15, 0.2) is 17.5 Å². The van der Waals surface area contributed by atoms with Gasteiger partial charge < -0.3 is 20.1 Å². The Morgan fingerprint density at radius 2 is 1.62 bits per heavy atom. The Balaban J connectivity index is 2.01. The first-order chi connectivity index (χ1) is 16.4. The van der Waals surface area contributed by atoms with E-state index < -0.39 is 6.04 Å². The Morgan fingerprint density at radius 1 is 0.941 bits per heavy atom. The van der Waals surface area contributed by atoms with Gasteiger partial charge in [0.1, 0.15) is 6.04 Å². The summed E-state index contributed by atoms with van der Waals surface area (Å²) in [6, 6.07) is 14.1. The van der Waals surface area contributed by atoms with Gasteiger partial charge in [0.05, 0.1) is 20.6 Å². The molecular weight excluding hydrogens is 432 g/mol. The Bertz CT molecular complexity index is 945. The summed E-state index contributed by atoms with van der Waals surface area (Å²) in [6.07, 6.45) is 2.41. The van der Waals surface area contributed by atoms with Gasteiger partial charge in [0.25, 0.3) is 0 Å². The zero-order chi connectivity index (χ0) is 24.9. The van der Waals surface area contributed by atoms with Crippen LogP contribution >= 0.6 is 0 Å². The lowest BCUT2D eigenvalue weighted by atomic mass is 10.0. The molecule has 0 aliphatic carbocycles. The first kappa shape index (κ1) is 26.7. The van der Waals surface area contributed by atoms with E-state index in [-0.39, 0.29) is 24.2 Å². The Hall–Kier alpha value is -3.55. The zero-order valence-electron chi connectivity index (χ0n) is 20.4. The first-order valence-electron chi connectivity index (χ1n) is 11.6. The Kier molecular flexibility index (Phi) is 10.9. The van der Waals surface area contributed by atoms with Gasteiger partial charge in [-0.15, -0.1) is 0 Å². The largest absolute Gasteiger partial charge is 0.493 e. The van der Waals surface area contributed by atoms with Crippen LogP contribution in [0.2, 0.25) is 0 Å². The van der Waals surface area contributed by atoms with E-state index in [1.807, 2.05) is 30.3 Å². The molecule has 0 heterocycles. The number of ether oxygens (including phenoxy) is 2. The minimum absolute atomic E-state index is 0.0502. The van der Waals surface area contributed by atoms with Crippen LogP contribution in [0.4, 0.5) is 0 Å². The topological polar surface area (TPSA) is 113 Å². The van der Waals surface area contributed by atoms with Crippen molar-refractivity contribution in [3.05, 3.63) is 59.7 Å². The van der Waals surface area contributed by atoms with Gasteiger partial charge in [0, 0.05) is 13.0 Å². The molecule has 2 aromatic carbocycles. The number of carbonyl (C=O) groups is 2. The summed E-state index contributed by atoms with van der Waals surface area (Å²) in [5.74, 6) is 0.712. The predicted octanol–water partition coefficient (Wildman–Crippen LogP) is 3.05. The molecule has 34 heavy (non-hydrogen) atoms.